The van der Waals surface area contributed by atoms with Crippen LogP contribution in [0.15, 0.2) is 22.7 Å². The average molecular weight is 232 g/mol. The third-order valence-corrected chi connectivity index (χ3v) is 1.83. The molecule has 0 aliphatic heterocycles. The lowest BCUT2D eigenvalue weighted by Crippen LogP contribution is -2.09. The molecule has 0 spiro atoms. The lowest BCUT2D eigenvalue weighted by Gasteiger charge is -2.04. The lowest BCUT2D eigenvalue weighted by atomic mass is 10.2. The number of nitrogens with one attached hydrogen (secondary N) is 1. The maximum Gasteiger partial charge on any atom is 0.394 e. The molecule has 0 radical (unpaired) electrons. The number of hydrogen-bond donors (Lipinski definition) is 1. The fourth-order valence-electron chi connectivity index (χ4n) is 0.783. The van der Waals surface area contributed by atoms with Crippen molar-refractivity contribution in [1.82, 2.24) is 0 Å². The zero-order chi connectivity index (χ0) is 8.97. The van der Waals surface area contributed by atoms with Crippen LogP contribution >= 0.6 is 15.9 Å². The van der Waals surface area contributed by atoms with Gasteiger partial charge in [0.05, 0.1) is 5.69 Å². The van der Waals surface area contributed by atoms with Crippen molar-refractivity contribution in [2.24, 2.45) is 0 Å². The number of halogens is 2. The molecule has 12 heavy (non-hydrogen) atoms. The van der Waals surface area contributed by atoms with Crippen molar-refractivity contribution in [2.75, 3.05) is 12.3 Å². The molecular weight excluding hydrogens is 224 g/mol. The molecule has 0 aliphatic carbocycles. The van der Waals surface area contributed by atoms with E-state index in [1.54, 1.807) is 19.2 Å². The highest BCUT2D eigenvalue weighted by Gasteiger charge is 2.01. The largest absolute Gasteiger partial charge is 0.422 e. The molecular formula is C7H8BBrFNO. The van der Waals surface area contributed by atoms with Crippen LogP contribution in [0.5, 0.6) is 0 Å². The van der Waals surface area contributed by atoms with Gasteiger partial charge in [-0.15, -0.1) is 0 Å². The van der Waals surface area contributed by atoms with Crippen LogP contribution in [0.1, 0.15) is 0 Å². The zero-order valence-corrected chi connectivity index (χ0v) is 8.19. The van der Waals surface area contributed by atoms with Gasteiger partial charge in [0, 0.05) is 11.6 Å². The van der Waals surface area contributed by atoms with Gasteiger partial charge in [0.25, 0.3) is 0 Å². The van der Waals surface area contributed by atoms with Crippen LogP contribution in [-0.4, -0.2) is 14.7 Å². The zero-order valence-electron chi connectivity index (χ0n) is 6.60. The van der Waals surface area contributed by atoms with E-state index in [-0.39, 0.29) is 5.82 Å². The van der Waals surface area contributed by atoms with Gasteiger partial charge in [-0.1, -0.05) is 15.9 Å². The monoisotopic (exact) mass is 231 g/mol. The Bertz CT molecular complexity index is 272. The van der Waals surface area contributed by atoms with Gasteiger partial charge in [-0.3, -0.25) is 0 Å². The van der Waals surface area contributed by atoms with Gasteiger partial charge in [0.15, 0.2) is 0 Å². The number of rotatable bonds is 3. The van der Waals surface area contributed by atoms with Crippen LogP contribution in [0.2, 0.25) is 0 Å². The summed E-state index contributed by atoms with van der Waals surface area (Å²) in [7, 11) is 1.85. The molecule has 1 aromatic carbocycles. The Hall–Kier alpha value is -0.545. The average Bonchev–Trinajstić information content (AvgIpc) is 2.03. The van der Waals surface area contributed by atoms with Crippen molar-refractivity contribution in [3.63, 3.8) is 0 Å². The highest BCUT2D eigenvalue weighted by atomic mass is 79.9. The molecule has 0 unspecified atom stereocenters. The smallest absolute Gasteiger partial charge is 0.394 e. The van der Waals surface area contributed by atoms with Crippen molar-refractivity contribution in [3.8, 4) is 0 Å². The minimum atomic E-state index is -0.290. The Morgan fingerprint density at radius 2 is 2.33 bits per heavy atom. The second kappa shape index (κ2) is 4.47. The van der Waals surface area contributed by atoms with Crippen LogP contribution in [0.4, 0.5) is 10.1 Å². The molecule has 2 nitrogen and oxygen atoms in total. The topological polar surface area (TPSA) is 21.3 Å². The Balaban J connectivity index is 2.72. The van der Waals surface area contributed by atoms with Gasteiger partial charge in [0.1, 0.15) is 5.82 Å². The Morgan fingerprint density at radius 3 is 2.92 bits per heavy atom. The molecule has 0 aromatic heterocycles. The molecule has 0 saturated heterocycles. The summed E-state index contributed by atoms with van der Waals surface area (Å²) in [5.74, 6) is -0.290. The van der Waals surface area contributed by atoms with E-state index in [9.17, 15) is 4.39 Å². The molecule has 0 fully saturated rings. The summed E-state index contributed by atoms with van der Waals surface area (Å²) < 4.78 is 18.5. The minimum absolute atomic E-state index is 0.290. The van der Waals surface area contributed by atoms with Crippen molar-refractivity contribution >= 4 is 29.2 Å². The number of anilines is 1. The summed E-state index contributed by atoms with van der Waals surface area (Å²) in [6.07, 6.45) is 0. The number of benzene rings is 1. The second-order valence-electron chi connectivity index (χ2n) is 2.23. The summed E-state index contributed by atoms with van der Waals surface area (Å²) in [6.45, 7) is 0. The Kier molecular flexibility index (Phi) is 3.56. The highest BCUT2D eigenvalue weighted by Crippen LogP contribution is 2.18. The molecule has 1 aromatic rings. The SMILES string of the molecule is COBNc1ccc(Br)cc1F. The first kappa shape index (κ1) is 9.54. The van der Waals surface area contributed by atoms with Gasteiger partial charge >= 0.3 is 7.62 Å². The van der Waals surface area contributed by atoms with Gasteiger partial charge in [-0.05, 0) is 18.2 Å². The summed E-state index contributed by atoms with van der Waals surface area (Å²) in [5, 5.41) is 2.77. The fraction of sp³-hybridized carbons (Fsp3) is 0.143. The summed E-state index contributed by atoms with van der Waals surface area (Å²) >= 11 is 3.17. The third-order valence-electron chi connectivity index (χ3n) is 1.34. The summed E-state index contributed by atoms with van der Waals surface area (Å²) in [5.41, 5.74) is 0.444. The molecule has 0 atom stereocenters. The molecule has 0 bridgehead atoms. The van der Waals surface area contributed by atoms with Crippen LogP contribution in [0, 0.1) is 5.82 Å². The van der Waals surface area contributed by atoms with Gasteiger partial charge < -0.3 is 9.88 Å². The van der Waals surface area contributed by atoms with Crippen molar-refractivity contribution in [1.29, 1.82) is 0 Å². The predicted molar refractivity (Wildman–Crippen MR) is 51.9 cm³/mol. The third kappa shape index (κ3) is 2.50. The quantitative estimate of drug-likeness (QED) is 0.803. The first-order valence-electron chi connectivity index (χ1n) is 3.42. The first-order valence-corrected chi connectivity index (χ1v) is 4.21. The normalized spacial score (nSPS) is 9.58. The molecule has 0 saturated carbocycles. The highest BCUT2D eigenvalue weighted by molar-refractivity contribution is 9.10. The van der Waals surface area contributed by atoms with Crippen molar-refractivity contribution < 1.29 is 9.04 Å². The molecule has 0 aliphatic rings. The van der Waals surface area contributed by atoms with Gasteiger partial charge in [-0.2, -0.15) is 0 Å². The predicted octanol–water partition coefficient (Wildman–Crippen LogP) is 1.91. The van der Waals surface area contributed by atoms with Crippen LogP contribution < -0.4 is 5.23 Å². The number of hydrogen-bond acceptors (Lipinski definition) is 2. The van der Waals surface area contributed by atoms with E-state index < -0.39 is 0 Å². The van der Waals surface area contributed by atoms with E-state index >= 15 is 0 Å². The van der Waals surface area contributed by atoms with E-state index in [0.29, 0.717) is 13.3 Å². The van der Waals surface area contributed by atoms with Crippen molar-refractivity contribution in [3.05, 3.63) is 28.5 Å². The second-order valence-corrected chi connectivity index (χ2v) is 3.15. The maximum atomic E-state index is 13.0. The maximum absolute atomic E-state index is 13.0. The standard InChI is InChI=1S/C7H8BBrFNO/c1-12-8-11-7-3-2-5(9)4-6(7)10/h2-4,8,11H,1H3. The van der Waals surface area contributed by atoms with Gasteiger partial charge in [-0.25, -0.2) is 4.39 Å². The minimum Gasteiger partial charge on any atom is -0.422 e. The van der Waals surface area contributed by atoms with Crippen molar-refractivity contribution in [2.45, 2.75) is 0 Å². The van der Waals surface area contributed by atoms with E-state index in [4.69, 9.17) is 4.65 Å². The van der Waals surface area contributed by atoms with Crippen LogP contribution in [-0.2, 0) is 4.65 Å². The van der Waals surface area contributed by atoms with E-state index in [1.807, 2.05) is 0 Å². The Labute approximate surface area is 79.5 Å². The summed E-state index contributed by atoms with van der Waals surface area (Å²) in [4.78, 5) is 0. The van der Waals surface area contributed by atoms with E-state index in [1.165, 1.54) is 6.07 Å². The lowest BCUT2D eigenvalue weighted by molar-refractivity contribution is 0.446. The summed E-state index contributed by atoms with van der Waals surface area (Å²) in [6, 6.07) is 4.82. The van der Waals surface area contributed by atoms with E-state index in [2.05, 4.69) is 21.2 Å². The molecule has 1 rings (SSSR count). The van der Waals surface area contributed by atoms with Crippen LogP contribution in [0.25, 0.3) is 0 Å². The van der Waals surface area contributed by atoms with Crippen LogP contribution in [0.3, 0.4) is 0 Å². The molecule has 5 heteroatoms. The molecule has 0 amide bonds. The first-order chi connectivity index (χ1) is 5.74. The fourth-order valence-corrected chi connectivity index (χ4v) is 1.12. The molecule has 64 valence electrons. The van der Waals surface area contributed by atoms with Gasteiger partial charge in [0.2, 0.25) is 0 Å². The Morgan fingerprint density at radius 1 is 1.58 bits per heavy atom. The van der Waals surface area contributed by atoms with E-state index in [0.717, 1.165) is 4.47 Å². The molecule has 0 heterocycles. The molecule has 1 N–H and O–H groups in total.